The molecule has 3 nitrogen and oxygen atoms in total. The first-order valence-corrected chi connectivity index (χ1v) is 8.56. The number of nitriles is 1. The number of thiocyanates is 1. The summed E-state index contributed by atoms with van der Waals surface area (Å²) in [4.78, 5) is 5.94. The number of hydrogen-bond acceptors (Lipinski definition) is 3. The van der Waals surface area contributed by atoms with Crippen molar-refractivity contribution in [2.24, 2.45) is 5.92 Å². The second kappa shape index (κ2) is 5.08. The zero-order valence-electron chi connectivity index (χ0n) is 12.2. The van der Waals surface area contributed by atoms with Crippen molar-refractivity contribution in [3.05, 3.63) is 35.5 Å². The van der Waals surface area contributed by atoms with Crippen LogP contribution in [0.1, 0.15) is 23.5 Å². The van der Waals surface area contributed by atoms with Crippen LogP contribution in [-0.4, -0.2) is 35.3 Å². The summed E-state index contributed by atoms with van der Waals surface area (Å²) in [6.45, 7) is 1.12. The minimum Gasteiger partial charge on any atom is -0.361 e. The summed E-state index contributed by atoms with van der Waals surface area (Å²) in [5, 5.41) is 12.5. The van der Waals surface area contributed by atoms with Gasteiger partial charge < -0.3 is 9.88 Å². The Morgan fingerprint density at radius 2 is 2.38 bits per heavy atom. The molecule has 2 aliphatic rings. The van der Waals surface area contributed by atoms with Crippen molar-refractivity contribution in [1.82, 2.24) is 9.88 Å². The maximum Gasteiger partial charge on any atom is 0.133 e. The van der Waals surface area contributed by atoms with E-state index in [-0.39, 0.29) is 0 Å². The molecule has 1 aliphatic carbocycles. The van der Waals surface area contributed by atoms with Gasteiger partial charge in [0, 0.05) is 41.4 Å². The van der Waals surface area contributed by atoms with Gasteiger partial charge in [0.05, 0.1) is 0 Å². The molecule has 0 spiro atoms. The van der Waals surface area contributed by atoms with Crippen LogP contribution in [0.25, 0.3) is 10.9 Å². The largest absolute Gasteiger partial charge is 0.361 e. The van der Waals surface area contributed by atoms with Crippen molar-refractivity contribution in [2.45, 2.75) is 24.8 Å². The molecule has 0 saturated carbocycles. The third-order valence-electron chi connectivity index (χ3n) is 5.20. The van der Waals surface area contributed by atoms with Gasteiger partial charge in [0.15, 0.2) is 0 Å². The fraction of sp³-hybridized carbons (Fsp3) is 0.471. The number of rotatable bonds is 2. The Morgan fingerprint density at radius 1 is 1.48 bits per heavy atom. The first kappa shape index (κ1) is 13.2. The summed E-state index contributed by atoms with van der Waals surface area (Å²) >= 11 is 1.41. The lowest BCUT2D eigenvalue weighted by atomic mass is 9.73. The number of nitrogens with one attached hydrogen (secondary N) is 1. The summed E-state index contributed by atoms with van der Waals surface area (Å²) in [6, 6.07) is 7.28. The molecule has 1 fully saturated rings. The van der Waals surface area contributed by atoms with Crippen molar-refractivity contribution in [3.8, 4) is 5.40 Å². The fourth-order valence-electron chi connectivity index (χ4n) is 4.33. The predicted octanol–water partition coefficient (Wildman–Crippen LogP) is 3.34. The van der Waals surface area contributed by atoms with Crippen molar-refractivity contribution in [3.63, 3.8) is 0 Å². The molecule has 1 unspecified atom stereocenters. The van der Waals surface area contributed by atoms with E-state index in [0.717, 1.165) is 18.7 Å². The topological polar surface area (TPSA) is 42.8 Å². The highest BCUT2D eigenvalue weighted by molar-refractivity contribution is 8.03. The molecule has 1 N–H and O–H groups in total. The van der Waals surface area contributed by atoms with E-state index in [4.69, 9.17) is 5.26 Å². The Hall–Kier alpha value is -1.44. The number of fused-ring (bicyclic) bond motifs is 2. The van der Waals surface area contributed by atoms with Crippen LogP contribution in [0.2, 0.25) is 0 Å². The molecule has 1 saturated heterocycles. The number of aromatic nitrogens is 1. The van der Waals surface area contributed by atoms with E-state index in [1.165, 1.54) is 40.2 Å². The number of piperidine rings is 1. The van der Waals surface area contributed by atoms with Crippen molar-refractivity contribution < 1.29 is 0 Å². The van der Waals surface area contributed by atoms with Gasteiger partial charge in [-0.3, -0.25) is 0 Å². The number of thioether (sulfide) groups is 1. The third-order valence-corrected chi connectivity index (χ3v) is 5.96. The normalized spacial score (nSPS) is 28.3. The molecule has 21 heavy (non-hydrogen) atoms. The van der Waals surface area contributed by atoms with Crippen LogP contribution in [0.3, 0.4) is 0 Å². The molecule has 1 aliphatic heterocycles. The van der Waals surface area contributed by atoms with Crippen LogP contribution in [0.5, 0.6) is 0 Å². The lowest BCUT2D eigenvalue weighted by Crippen LogP contribution is -2.48. The second-order valence-corrected chi connectivity index (χ2v) is 7.21. The number of likely N-dealkylation sites (tertiary alicyclic amines) is 1. The zero-order valence-corrected chi connectivity index (χ0v) is 13.0. The number of likely N-dealkylation sites (N-methyl/N-ethyl adjacent to an activating group) is 1. The lowest BCUT2D eigenvalue weighted by Gasteiger charge is -2.45. The van der Waals surface area contributed by atoms with Gasteiger partial charge in [-0.1, -0.05) is 12.1 Å². The minimum atomic E-state index is 0.611. The van der Waals surface area contributed by atoms with Gasteiger partial charge in [-0.05, 0) is 54.8 Å². The van der Waals surface area contributed by atoms with Crippen LogP contribution in [0.15, 0.2) is 24.4 Å². The summed E-state index contributed by atoms with van der Waals surface area (Å²) in [6.07, 6.45) is 4.56. The lowest BCUT2D eigenvalue weighted by molar-refractivity contribution is 0.121. The van der Waals surface area contributed by atoms with E-state index in [1.807, 2.05) is 0 Å². The number of benzene rings is 1. The number of H-pyrrole nitrogens is 1. The fourth-order valence-corrected chi connectivity index (χ4v) is 4.88. The molecule has 1 aromatic heterocycles. The molecule has 3 atom stereocenters. The van der Waals surface area contributed by atoms with E-state index in [0.29, 0.717) is 17.9 Å². The zero-order chi connectivity index (χ0) is 14.4. The Bertz CT molecular complexity index is 714. The van der Waals surface area contributed by atoms with E-state index in [2.05, 4.69) is 46.7 Å². The first-order valence-electron chi connectivity index (χ1n) is 7.58. The number of hydrogen-bond donors (Lipinski definition) is 1. The van der Waals surface area contributed by atoms with Crippen LogP contribution in [0, 0.1) is 16.6 Å². The van der Waals surface area contributed by atoms with Crippen LogP contribution in [0.4, 0.5) is 0 Å². The van der Waals surface area contributed by atoms with E-state index in [1.54, 1.807) is 0 Å². The third kappa shape index (κ3) is 2.07. The molecule has 4 rings (SSSR count). The van der Waals surface area contributed by atoms with E-state index < -0.39 is 0 Å². The van der Waals surface area contributed by atoms with Crippen molar-refractivity contribution in [2.75, 3.05) is 19.3 Å². The summed E-state index contributed by atoms with van der Waals surface area (Å²) in [5.74, 6) is 2.19. The molecule has 2 heterocycles. The SMILES string of the molecule is CN1CC(CSC#N)C[C@@H]2c3cccc4[nH]cc(c34)C[C@H]21. The summed E-state index contributed by atoms with van der Waals surface area (Å²) in [7, 11) is 2.25. The molecule has 1 aromatic carbocycles. The van der Waals surface area contributed by atoms with Crippen LogP contribution < -0.4 is 0 Å². The average Bonchev–Trinajstić information content (AvgIpc) is 2.91. The highest BCUT2D eigenvalue weighted by Crippen LogP contribution is 2.44. The summed E-state index contributed by atoms with van der Waals surface area (Å²) < 4.78 is 0. The highest BCUT2D eigenvalue weighted by Gasteiger charge is 2.39. The summed E-state index contributed by atoms with van der Waals surface area (Å²) in [5.41, 5.74) is 4.26. The van der Waals surface area contributed by atoms with Gasteiger partial charge in [-0.15, -0.1) is 0 Å². The van der Waals surface area contributed by atoms with Gasteiger partial charge >= 0.3 is 0 Å². The Morgan fingerprint density at radius 3 is 3.24 bits per heavy atom. The molecule has 4 heteroatoms. The van der Waals surface area contributed by atoms with Crippen LogP contribution >= 0.6 is 11.8 Å². The van der Waals surface area contributed by atoms with Gasteiger partial charge in [-0.25, -0.2) is 0 Å². The van der Waals surface area contributed by atoms with Gasteiger partial charge in [0.2, 0.25) is 0 Å². The molecule has 2 aromatic rings. The molecule has 108 valence electrons. The number of aromatic amines is 1. The Balaban J connectivity index is 1.73. The standard InChI is InChI=1S/C17H19N3S/c1-20-8-11(9-21-10-18)5-14-13-3-2-4-15-17(13)12(7-19-15)6-16(14)20/h2-4,7,11,14,16,19H,5-6,8-9H2,1H3/t11?,14-,16-/m1/s1. The average molecular weight is 297 g/mol. The minimum absolute atomic E-state index is 0.611. The highest BCUT2D eigenvalue weighted by atomic mass is 32.2. The van der Waals surface area contributed by atoms with Gasteiger partial charge in [0.1, 0.15) is 5.40 Å². The quantitative estimate of drug-likeness (QED) is 0.865. The first-order chi connectivity index (χ1) is 10.3. The van der Waals surface area contributed by atoms with Crippen molar-refractivity contribution >= 4 is 22.7 Å². The van der Waals surface area contributed by atoms with Crippen LogP contribution in [-0.2, 0) is 6.42 Å². The maximum absolute atomic E-state index is 8.82. The maximum atomic E-state index is 8.82. The molecule has 0 amide bonds. The van der Waals surface area contributed by atoms with Crippen molar-refractivity contribution in [1.29, 1.82) is 5.26 Å². The molecular weight excluding hydrogens is 278 g/mol. The van der Waals surface area contributed by atoms with Gasteiger partial charge in [-0.2, -0.15) is 5.26 Å². The second-order valence-electron chi connectivity index (χ2n) is 6.41. The van der Waals surface area contributed by atoms with E-state index >= 15 is 0 Å². The molecule has 0 radical (unpaired) electrons. The number of nitrogens with zero attached hydrogens (tertiary/aromatic N) is 2. The predicted molar refractivity (Wildman–Crippen MR) is 87.3 cm³/mol. The Labute approximate surface area is 129 Å². The molecule has 0 bridgehead atoms. The monoisotopic (exact) mass is 297 g/mol. The van der Waals surface area contributed by atoms with E-state index in [9.17, 15) is 0 Å². The Kier molecular flexibility index (Phi) is 3.20. The van der Waals surface area contributed by atoms with Gasteiger partial charge in [0.25, 0.3) is 0 Å². The smallest absolute Gasteiger partial charge is 0.133 e. The molecular formula is C17H19N3S.